The highest BCUT2D eigenvalue weighted by Crippen LogP contribution is 2.27. The van der Waals surface area contributed by atoms with Crippen LogP contribution < -0.4 is 5.32 Å². The van der Waals surface area contributed by atoms with Crippen molar-refractivity contribution in [1.82, 2.24) is 5.32 Å². The largest absolute Gasteiger partial charge is 0.450 e. The van der Waals surface area contributed by atoms with Crippen LogP contribution in [0.3, 0.4) is 0 Å². The third-order valence-corrected chi connectivity index (χ3v) is 5.08. The number of hydrogen-bond donors (Lipinski definition) is 1. The molecule has 3 rings (SSSR count). The molecule has 0 unspecified atom stereocenters. The van der Waals surface area contributed by atoms with Gasteiger partial charge in [-0.25, -0.2) is 4.79 Å². The third-order valence-electron chi connectivity index (χ3n) is 5.08. The first kappa shape index (κ1) is 21.6. The Labute approximate surface area is 176 Å². The van der Waals surface area contributed by atoms with Crippen LogP contribution in [0.2, 0.25) is 0 Å². The third kappa shape index (κ3) is 4.89. The van der Waals surface area contributed by atoms with E-state index >= 15 is 0 Å². The van der Waals surface area contributed by atoms with E-state index in [0.717, 1.165) is 16.5 Å². The summed E-state index contributed by atoms with van der Waals surface area (Å²) in [6.07, 6.45) is 0. The van der Waals surface area contributed by atoms with Crippen molar-refractivity contribution in [2.24, 2.45) is 0 Å². The summed E-state index contributed by atoms with van der Waals surface area (Å²) in [4.78, 5) is 24.9. The van der Waals surface area contributed by atoms with Gasteiger partial charge in [0.25, 0.3) is 5.91 Å². The molecule has 0 aliphatic rings. The highest BCUT2D eigenvalue weighted by atomic mass is 16.5. The monoisotopic (exact) mass is 409 g/mol. The Morgan fingerprint density at radius 2 is 1.87 bits per heavy atom. The van der Waals surface area contributed by atoms with Crippen molar-refractivity contribution in [2.45, 2.75) is 40.3 Å². The highest BCUT2D eigenvalue weighted by Gasteiger charge is 2.23. The highest BCUT2D eigenvalue weighted by molar-refractivity contribution is 5.96. The molecule has 0 aliphatic heterocycles. The van der Waals surface area contributed by atoms with Crippen LogP contribution >= 0.6 is 0 Å². The number of amides is 1. The van der Waals surface area contributed by atoms with Crippen LogP contribution in [-0.2, 0) is 20.9 Å². The zero-order valence-electron chi connectivity index (χ0n) is 17.8. The van der Waals surface area contributed by atoms with Crippen molar-refractivity contribution >= 4 is 22.8 Å². The summed E-state index contributed by atoms with van der Waals surface area (Å²) in [5.74, 6) is -0.994. The molecule has 2 aromatic carbocycles. The predicted molar refractivity (Wildman–Crippen MR) is 114 cm³/mol. The number of para-hydroxylation sites is 1. The lowest BCUT2D eigenvalue weighted by atomic mass is 10.0. The first-order valence-corrected chi connectivity index (χ1v) is 10.0. The number of esters is 1. The van der Waals surface area contributed by atoms with Crippen molar-refractivity contribution in [3.05, 3.63) is 70.5 Å². The van der Waals surface area contributed by atoms with Crippen LogP contribution in [0.15, 0.2) is 46.9 Å². The molecule has 158 valence electrons. The number of carbonyl (C=O) groups excluding carboxylic acids is 2. The smallest absolute Gasteiger partial charge is 0.375 e. The van der Waals surface area contributed by atoms with Crippen LogP contribution in [0.1, 0.15) is 52.7 Å². The average molecular weight is 409 g/mol. The Kier molecular flexibility index (Phi) is 6.90. The molecule has 3 aromatic rings. The Morgan fingerprint density at radius 3 is 2.60 bits per heavy atom. The first-order chi connectivity index (χ1) is 14.4. The van der Waals surface area contributed by atoms with Gasteiger partial charge in [-0.05, 0) is 50.5 Å². The standard InChI is InChI=1S/C24H27NO5/c1-5-28-13-20-19-8-6-7-9-21(19)30-23(20)24(27)29-14-22(26)25-17(4)18-11-10-15(2)16(3)12-18/h6-12,17H,5,13-14H2,1-4H3,(H,25,26)/t17-/m1/s1. The van der Waals surface area contributed by atoms with Crippen molar-refractivity contribution in [2.75, 3.05) is 13.2 Å². The average Bonchev–Trinajstić information content (AvgIpc) is 3.11. The number of furan rings is 1. The fraction of sp³-hybridized carbons (Fsp3) is 0.333. The van der Waals surface area contributed by atoms with Gasteiger partial charge in [0.2, 0.25) is 5.76 Å². The quantitative estimate of drug-likeness (QED) is 0.549. The summed E-state index contributed by atoms with van der Waals surface area (Å²) < 4.78 is 16.4. The normalized spacial score (nSPS) is 12.0. The minimum atomic E-state index is -0.685. The molecule has 0 spiro atoms. The molecule has 1 atom stereocenters. The van der Waals surface area contributed by atoms with Gasteiger partial charge in [-0.1, -0.05) is 36.4 Å². The SMILES string of the molecule is CCOCc1c(C(=O)OCC(=O)N[C@H](C)c2ccc(C)c(C)c2)oc2ccccc12. The molecular formula is C24H27NO5. The number of fused-ring (bicyclic) bond motifs is 1. The van der Waals surface area contributed by atoms with E-state index < -0.39 is 5.97 Å². The summed E-state index contributed by atoms with van der Waals surface area (Å²) in [5.41, 5.74) is 4.55. The van der Waals surface area contributed by atoms with Crippen LogP contribution in [0.25, 0.3) is 11.0 Å². The number of nitrogens with one attached hydrogen (secondary N) is 1. The molecule has 0 fully saturated rings. The predicted octanol–water partition coefficient (Wildman–Crippen LogP) is 4.62. The zero-order chi connectivity index (χ0) is 21.7. The second-order valence-corrected chi connectivity index (χ2v) is 7.25. The van der Waals surface area contributed by atoms with Gasteiger partial charge < -0.3 is 19.2 Å². The summed E-state index contributed by atoms with van der Waals surface area (Å²) in [7, 11) is 0. The topological polar surface area (TPSA) is 77.8 Å². The van der Waals surface area contributed by atoms with Gasteiger partial charge in [0.05, 0.1) is 12.6 Å². The number of carbonyl (C=O) groups is 2. The van der Waals surface area contributed by atoms with Crippen LogP contribution in [0.5, 0.6) is 0 Å². The van der Waals surface area contributed by atoms with Gasteiger partial charge in [-0.15, -0.1) is 0 Å². The number of rotatable bonds is 8. The lowest BCUT2D eigenvalue weighted by Crippen LogP contribution is -2.31. The Morgan fingerprint density at radius 1 is 1.10 bits per heavy atom. The molecule has 1 heterocycles. The molecule has 1 N–H and O–H groups in total. The molecule has 30 heavy (non-hydrogen) atoms. The number of benzene rings is 2. The lowest BCUT2D eigenvalue weighted by molar-refractivity contribution is -0.124. The molecule has 1 aromatic heterocycles. The van der Waals surface area contributed by atoms with Gasteiger partial charge in [0.1, 0.15) is 5.58 Å². The maximum Gasteiger partial charge on any atom is 0.375 e. The molecular weight excluding hydrogens is 382 g/mol. The van der Waals surface area contributed by atoms with E-state index in [1.54, 1.807) is 6.07 Å². The van der Waals surface area contributed by atoms with E-state index in [2.05, 4.69) is 5.32 Å². The van der Waals surface area contributed by atoms with E-state index in [1.807, 2.05) is 64.1 Å². The second kappa shape index (κ2) is 9.59. The number of hydrogen-bond acceptors (Lipinski definition) is 5. The van der Waals surface area contributed by atoms with Crippen molar-refractivity contribution in [3.63, 3.8) is 0 Å². The fourth-order valence-corrected chi connectivity index (χ4v) is 3.21. The molecule has 0 saturated carbocycles. The van der Waals surface area contributed by atoms with E-state index in [0.29, 0.717) is 17.8 Å². The van der Waals surface area contributed by atoms with Gasteiger partial charge in [-0.2, -0.15) is 0 Å². The lowest BCUT2D eigenvalue weighted by Gasteiger charge is -2.15. The summed E-state index contributed by atoms with van der Waals surface area (Å²) in [6, 6.07) is 13.2. The molecule has 0 aliphatic carbocycles. The van der Waals surface area contributed by atoms with Gasteiger partial charge >= 0.3 is 5.97 Å². The second-order valence-electron chi connectivity index (χ2n) is 7.25. The maximum atomic E-state index is 12.6. The zero-order valence-corrected chi connectivity index (χ0v) is 17.8. The summed E-state index contributed by atoms with van der Waals surface area (Å²) in [6.45, 7) is 8.19. The Hall–Kier alpha value is -3.12. The van der Waals surface area contributed by atoms with Crippen molar-refractivity contribution in [1.29, 1.82) is 0 Å². The molecule has 1 amide bonds. The van der Waals surface area contributed by atoms with Crippen LogP contribution in [0.4, 0.5) is 0 Å². The summed E-state index contributed by atoms with van der Waals surface area (Å²) in [5, 5.41) is 3.65. The molecule has 0 radical (unpaired) electrons. The van der Waals surface area contributed by atoms with Gasteiger partial charge in [0, 0.05) is 17.6 Å². The minimum Gasteiger partial charge on any atom is -0.450 e. The van der Waals surface area contributed by atoms with Crippen molar-refractivity contribution in [3.8, 4) is 0 Å². The molecule has 0 bridgehead atoms. The van der Waals surface area contributed by atoms with Gasteiger partial charge in [-0.3, -0.25) is 4.79 Å². The van der Waals surface area contributed by atoms with Crippen molar-refractivity contribution < 1.29 is 23.5 Å². The van der Waals surface area contributed by atoms with E-state index in [4.69, 9.17) is 13.9 Å². The number of ether oxygens (including phenoxy) is 2. The molecule has 0 saturated heterocycles. The van der Waals surface area contributed by atoms with E-state index in [1.165, 1.54) is 5.56 Å². The van der Waals surface area contributed by atoms with E-state index in [9.17, 15) is 9.59 Å². The Balaban J connectivity index is 1.65. The molecule has 6 heteroatoms. The minimum absolute atomic E-state index is 0.0691. The van der Waals surface area contributed by atoms with Gasteiger partial charge in [0.15, 0.2) is 6.61 Å². The van der Waals surface area contributed by atoms with Crippen LogP contribution in [0, 0.1) is 13.8 Å². The molecule has 6 nitrogen and oxygen atoms in total. The Bertz CT molecular complexity index is 1050. The van der Waals surface area contributed by atoms with E-state index in [-0.39, 0.29) is 30.9 Å². The number of aryl methyl sites for hydroxylation is 2. The first-order valence-electron chi connectivity index (χ1n) is 10.0. The van der Waals surface area contributed by atoms with Crippen LogP contribution in [-0.4, -0.2) is 25.1 Å². The maximum absolute atomic E-state index is 12.6. The summed E-state index contributed by atoms with van der Waals surface area (Å²) >= 11 is 0. The fourth-order valence-electron chi connectivity index (χ4n) is 3.21.